The second-order valence-corrected chi connectivity index (χ2v) is 8.22. The van der Waals surface area contributed by atoms with Gasteiger partial charge in [0.2, 0.25) is 0 Å². The van der Waals surface area contributed by atoms with Gasteiger partial charge in [0.15, 0.2) is 0 Å². The number of benzene rings is 5. The van der Waals surface area contributed by atoms with Crippen LogP contribution in [0.3, 0.4) is 0 Å². The molecule has 0 amide bonds. The lowest BCUT2D eigenvalue weighted by atomic mass is 9.97. The van der Waals surface area contributed by atoms with Gasteiger partial charge in [-0.1, -0.05) is 121 Å². The predicted octanol–water partition coefficient (Wildman–Crippen LogP) is 8.62. The maximum Gasteiger partial charge on any atom is 0.0541 e. The number of hydrogen-bond acceptors (Lipinski definition) is 0. The summed E-state index contributed by atoms with van der Waals surface area (Å²) in [5, 5.41) is 2.56. The first-order valence-electron chi connectivity index (χ1n) is 11.3. The molecule has 33 heavy (non-hydrogen) atoms. The molecule has 156 valence electrons. The number of para-hydroxylation sites is 3. The number of rotatable bonds is 4. The first-order chi connectivity index (χ1) is 16.4. The van der Waals surface area contributed by atoms with Crippen molar-refractivity contribution in [2.75, 3.05) is 0 Å². The summed E-state index contributed by atoms with van der Waals surface area (Å²) in [6.45, 7) is 0. The first-order valence-corrected chi connectivity index (χ1v) is 11.3. The Bertz CT molecular complexity index is 1550. The van der Waals surface area contributed by atoms with Crippen LogP contribution in [0.15, 0.2) is 127 Å². The van der Waals surface area contributed by atoms with Gasteiger partial charge in [-0.3, -0.25) is 0 Å². The van der Waals surface area contributed by atoms with Crippen LogP contribution in [-0.4, -0.2) is 4.57 Å². The molecule has 0 saturated heterocycles. The maximum absolute atomic E-state index is 2.40. The molecular formula is C32H23N. The van der Waals surface area contributed by atoms with Crippen LogP contribution in [0.1, 0.15) is 11.1 Å². The Labute approximate surface area is 193 Å². The van der Waals surface area contributed by atoms with Crippen LogP contribution in [0.2, 0.25) is 0 Å². The molecular weight excluding hydrogens is 398 g/mol. The van der Waals surface area contributed by atoms with Crippen molar-refractivity contribution in [2.24, 2.45) is 0 Å². The summed E-state index contributed by atoms with van der Waals surface area (Å²) in [6, 6.07) is 45.2. The molecule has 0 atom stereocenters. The third kappa shape index (κ3) is 3.44. The summed E-state index contributed by atoms with van der Waals surface area (Å²) in [6.07, 6.45) is 4.40. The zero-order chi connectivity index (χ0) is 22.0. The Morgan fingerprint density at radius 1 is 0.424 bits per heavy atom. The second-order valence-electron chi connectivity index (χ2n) is 8.22. The molecule has 1 nitrogen and oxygen atoms in total. The third-order valence-electron chi connectivity index (χ3n) is 6.23. The molecule has 0 unspecified atom stereocenters. The summed E-state index contributed by atoms with van der Waals surface area (Å²) in [5.74, 6) is 0. The topological polar surface area (TPSA) is 4.93 Å². The minimum absolute atomic E-state index is 1.19. The largest absolute Gasteiger partial charge is 0.309 e. The highest BCUT2D eigenvalue weighted by Gasteiger charge is 2.15. The van der Waals surface area contributed by atoms with Gasteiger partial charge in [-0.05, 0) is 34.9 Å². The van der Waals surface area contributed by atoms with E-state index in [4.69, 9.17) is 0 Å². The average molecular weight is 422 g/mol. The molecule has 0 N–H and O–H groups in total. The molecule has 0 aliphatic rings. The van der Waals surface area contributed by atoms with Gasteiger partial charge >= 0.3 is 0 Å². The summed E-state index contributed by atoms with van der Waals surface area (Å²) in [4.78, 5) is 0. The quantitative estimate of drug-likeness (QED) is 0.251. The zero-order valence-corrected chi connectivity index (χ0v) is 18.2. The van der Waals surface area contributed by atoms with Gasteiger partial charge in [0.25, 0.3) is 0 Å². The lowest BCUT2D eigenvalue weighted by Crippen LogP contribution is -1.97. The first kappa shape index (κ1) is 19.3. The normalized spacial score (nSPS) is 11.5. The van der Waals surface area contributed by atoms with Gasteiger partial charge in [-0.2, -0.15) is 0 Å². The van der Waals surface area contributed by atoms with E-state index in [1.54, 1.807) is 0 Å². The Balaban J connectivity index is 1.58. The number of nitrogens with zero attached hydrogens (tertiary/aromatic N) is 1. The van der Waals surface area contributed by atoms with E-state index in [0.29, 0.717) is 0 Å². The molecule has 6 aromatic rings. The average Bonchev–Trinajstić information content (AvgIpc) is 3.23. The lowest BCUT2D eigenvalue weighted by molar-refractivity contribution is 1.18. The molecule has 0 aliphatic carbocycles. The summed E-state index contributed by atoms with van der Waals surface area (Å²) < 4.78 is 2.40. The van der Waals surface area contributed by atoms with E-state index >= 15 is 0 Å². The van der Waals surface area contributed by atoms with Gasteiger partial charge < -0.3 is 4.57 Å². The molecule has 0 aliphatic heterocycles. The molecule has 0 bridgehead atoms. The van der Waals surface area contributed by atoms with Gasteiger partial charge in [0.05, 0.1) is 16.7 Å². The number of fused-ring (bicyclic) bond motifs is 3. The predicted molar refractivity (Wildman–Crippen MR) is 142 cm³/mol. The molecule has 1 aromatic heterocycles. The number of aromatic nitrogens is 1. The Morgan fingerprint density at radius 3 is 1.70 bits per heavy atom. The van der Waals surface area contributed by atoms with Crippen LogP contribution in [0.5, 0.6) is 0 Å². The van der Waals surface area contributed by atoms with Crippen molar-refractivity contribution in [1.29, 1.82) is 0 Å². The molecule has 0 spiro atoms. The second kappa shape index (κ2) is 8.29. The molecule has 1 heterocycles. The van der Waals surface area contributed by atoms with Crippen LogP contribution < -0.4 is 0 Å². The minimum Gasteiger partial charge on any atom is -0.309 e. The van der Waals surface area contributed by atoms with Gasteiger partial charge in [0.1, 0.15) is 0 Å². The summed E-state index contributed by atoms with van der Waals surface area (Å²) in [7, 11) is 0. The van der Waals surface area contributed by atoms with Crippen molar-refractivity contribution in [3.63, 3.8) is 0 Å². The summed E-state index contributed by atoms with van der Waals surface area (Å²) >= 11 is 0. The van der Waals surface area contributed by atoms with Crippen molar-refractivity contribution in [2.45, 2.75) is 0 Å². The van der Waals surface area contributed by atoms with Crippen LogP contribution in [0, 0.1) is 0 Å². The SMILES string of the molecule is C(=Cc1ccccc1-c1ccccc1-n1c2ccccc2c2ccccc21)c1ccccc1. The lowest BCUT2D eigenvalue weighted by Gasteiger charge is -2.15. The zero-order valence-electron chi connectivity index (χ0n) is 18.2. The van der Waals surface area contributed by atoms with E-state index < -0.39 is 0 Å². The Morgan fingerprint density at radius 2 is 0.970 bits per heavy atom. The minimum atomic E-state index is 1.19. The van der Waals surface area contributed by atoms with Crippen LogP contribution in [-0.2, 0) is 0 Å². The van der Waals surface area contributed by atoms with E-state index in [9.17, 15) is 0 Å². The molecule has 0 saturated carbocycles. The van der Waals surface area contributed by atoms with Crippen molar-refractivity contribution >= 4 is 34.0 Å². The highest BCUT2D eigenvalue weighted by atomic mass is 15.0. The van der Waals surface area contributed by atoms with Crippen molar-refractivity contribution in [3.8, 4) is 16.8 Å². The van der Waals surface area contributed by atoms with E-state index in [2.05, 4.69) is 138 Å². The standard InChI is InChI=1S/C32H23N/c1-2-12-24(13-3-1)22-23-25-14-4-5-15-26(25)27-16-6-9-19-30(27)33-31-20-10-7-17-28(31)29-18-8-11-21-32(29)33/h1-23H. The van der Waals surface area contributed by atoms with Gasteiger partial charge in [-0.15, -0.1) is 0 Å². The highest BCUT2D eigenvalue weighted by molar-refractivity contribution is 6.09. The molecule has 0 radical (unpaired) electrons. The van der Waals surface area contributed by atoms with E-state index in [0.717, 1.165) is 0 Å². The molecule has 6 rings (SSSR count). The summed E-state index contributed by atoms with van der Waals surface area (Å²) in [5.41, 5.74) is 8.49. The van der Waals surface area contributed by atoms with Gasteiger partial charge in [-0.25, -0.2) is 0 Å². The van der Waals surface area contributed by atoms with Crippen LogP contribution >= 0.6 is 0 Å². The van der Waals surface area contributed by atoms with Gasteiger partial charge in [0, 0.05) is 16.3 Å². The monoisotopic (exact) mass is 421 g/mol. The van der Waals surface area contributed by atoms with Crippen molar-refractivity contribution in [3.05, 3.63) is 139 Å². The van der Waals surface area contributed by atoms with Crippen LogP contribution in [0.4, 0.5) is 0 Å². The Kier molecular flexibility index (Phi) is 4.86. The molecule has 0 fully saturated rings. The van der Waals surface area contributed by atoms with E-state index in [1.807, 2.05) is 6.07 Å². The highest BCUT2D eigenvalue weighted by Crippen LogP contribution is 2.37. The fourth-order valence-corrected chi connectivity index (χ4v) is 4.72. The molecule has 1 heteroatoms. The van der Waals surface area contributed by atoms with E-state index in [1.165, 1.54) is 49.7 Å². The fourth-order valence-electron chi connectivity index (χ4n) is 4.72. The Hall–Kier alpha value is -4.36. The molecule has 5 aromatic carbocycles. The van der Waals surface area contributed by atoms with Crippen molar-refractivity contribution < 1.29 is 0 Å². The smallest absolute Gasteiger partial charge is 0.0541 e. The van der Waals surface area contributed by atoms with E-state index in [-0.39, 0.29) is 0 Å². The third-order valence-corrected chi connectivity index (χ3v) is 6.23. The van der Waals surface area contributed by atoms with Crippen molar-refractivity contribution in [1.82, 2.24) is 4.57 Å². The fraction of sp³-hybridized carbons (Fsp3) is 0. The van der Waals surface area contributed by atoms with Crippen LogP contribution in [0.25, 0.3) is 50.8 Å². The maximum atomic E-state index is 2.40. The number of hydrogen-bond donors (Lipinski definition) is 0.